The molecule has 0 saturated heterocycles. The molecule has 0 fully saturated rings. The summed E-state index contributed by atoms with van der Waals surface area (Å²) in [5.74, 6) is -0.568. The number of rotatable bonds is 79. The van der Waals surface area contributed by atoms with Gasteiger partial charge in [-0.15, -0.1) is 0 Å². The molecule has 0 saturated carbocycles. The van der Waals surface area contributed by atoms with Gasteiger partial charge in [-0.25, -0.2) is 9.13 Å². The van der Waals surface area contributed by atoms with Gasteiger partial charge >= 0.3 is 39.5 Å². The van der Waals surface area contributed by atoms with Crippen LogP contribution in [0.2, 0.25) is 0 Å². The molecule has 588 valence electrons. The molecule has 0 rings (SSSR count). The number of phosphoric ester groups is 2. The molecule has 0 bridgehead atoms. The first-order valence-corrected chi connectivity index (χ1v) is 44.5. The van der Waals surface area contributed by atoms with E-state index >= 15 is 0 Å². The fraction of sp³-hybridized carbons (Fsp3) is 0.950. The van der Waals surface area contributed by atoms with Crippen molar-refractivity contribution < 1.29 is 80.2 Å². The van der Waals surface area contributed by atoms with Crippen molar-refractivity contribution >= 4 is 39.5 Å². The third-order valence-corrected chi connectivity index (χ3v) is 20.6. The lowest BCUT2D eigenvalue weighted by atomic mass is 10.0. The Bertz CT molecular complexity index is 1910. The topological polar surface area (TPSA) is 237 Å². The third kappa shape index (κ3) is 74.1. The zero-order valence-electron chi connectivity index (χ0n) is 64.8. The lowest BCUT2D eigenvalue weighted by Crippen LogP contribution is -2.30. The van der Waals surface area contributed by atoms with E-state index in [0.29, 0.717) is 25.7 Å². The maximum Gasteiger partial charge on any atom is 0.472 e. The lowest BCUT2D eigenvalue weighted by Gasteiger charge is -2.21. The molecule has 0 aromatic heterocycles. The Hall–Kier alpha value is -1.94. The van der Waals surface area contributed by atoms with E-state index in [-0.39, 0.29) is 25.7 Å². The molecule has 0 spiro atoms. The van der Waals surface area contributed by atoms with E-state index in [1.807, 2.05) is 0 Å². The highest BCUT2D eigenvalue weighted by Crippen LogP contribution is 2.45. The maximum absolute atomic E-state index is 13.1. The number of hydrogen-bond donors (Lipinski definition) is 3. The van der Waals surface area contributed by atoms with Gasteiger partial charge in [0, 0.05) is 25.7 Å². The summed E-state index contributed by atoms with van der Waals surface area (Å²) in [5, 5.41) is 10.6. The van der Waals surface area contributed by atoms with Gasteiger partial charge in [0.05, 0.1) is 26.4 Å². The van der Waals surface area contributed by atoms with Gasteiger partial charge in [0.25, 0.3) is 0 Å². The summed E-state index contributed by atoms with van der Waals surface area (Å²) in [6.45, 7) is 9.62. The standard InChI is InChI=1S/C80H156O17P2/c1-7-9-11-13-15-17-19-20-21-22-23-24-27-31-34-40-46-52-58-64-79(84)96-75(69-91-78(83)63-57-51-45-39-33-30-28-25-26-29-32-36-42-48-54-60-72(3)4)70-94-98(86,87)92-66-74(81)67-93-99(88,89)95-71-76(68-90-77(82)62-56-50-44-38-18-16-14-12-10-8-2)97-80(85)65-59-53-47-41-35-37-43-49-55-61-73(5)6/h72-76,81H,7-71H2,1-6H3,(H,86,87)(H,88,89)/t74-,75-,76-/m1/s1. The zero-order chi connectivity index (χ0) is 72.8. The normalized spacial score (nSPS) is 13.9. The molecular formula is C80H156O17P2. The van der Waals surface area contributed by atoms with Gasteiger partial charge in [0.15, 0.2) is 12.2 Å². The third-order valence-electron chi connectivity index (χ3n) is 18.7. The maximum atomic E-state index is 13.1. The van der Waals surface area contributed by atoms with Crippen molar-refractivity contribution in [1.29, 1.82) is 0 Å². The summed E-state index contributed by atoms with van der Waals surface area (Å²) in [4.78, 5) is 72.9. The number of hydrogen-bond acceptors (Lipinski definition) is 15. The molecule has 0 aromatic carbocycles. The molecule has 0 aliphatic carbocycles. The van der Waals surface area contributed by atoms with Crippen LogP contribution in [0.3, 0.4) is 0 Å². The summed E-state index contributed by atoms with van der Waals surface area (Å²) >= 11 is 0. The molecule has 0 heterocycles. The van der Waals surface area contributed by atoms with Crippen molar-refractivity contribution in [2.45, 2.75) is 439 Å². The number of carbonyl (C=O) groups excluding carboxylic acids is 4. The van der Waals surface area contributed by atoms with E-state index in [0.717, 1.165) is 102 Å². The molecule has 0 aliphatic heterocycles. The van der Waals surface area contributed by atoms with Crippen LogP contribution in [0.4, 0.5) is 0 Å². The van der Waals surface area contributed by atoms with Gasteiger partial charge in [-0.2, -0.15) is 0 Å². The Balaban J connectivity index is 5.22. The molecule has 3 N–H and O–H groups in total. The number of aliphatic hydroxyl groups excluding tert-OH is 1. The molecule has 0 amide bonds. The van der Waals surface area contributed by atoms with Crippen LogP contribution in [0.15, 0.2) is 0 Å². The summed E-state index contributed by atoms with van der Waals surface area (Å²) in [5.41, 5.74) is 0. The van der Waals surface area contributed by atoms with E-state index in [2.05, 4.69) is 41.5 Å². The van der Waals surface area contributed by atoms with Crippen LogP contribution < -0.4 is 0 Å². The minimum atomic E-state index is -4.96. The molecule has 0 radical (unpaired) electrons. The zero-order valence-corrected chi connectivity index (χ0v) is 66.6. The second kappa shape index (κ2) is 71.7. The molecular weight excluding hydrogens is 1290 g/mol. The van der Waals surface area contributed by atoms with Crippen molar-refractivity contribution in [2.75, 3.05) is 39.6 Å². The van der Waals surface area contributed by atoms with Gasteiger partial charge in [-0.1, -0.05) is 369 Å². The van der Waals surface area contributed by atoms with Crippen LogP contribution >= 0.6 is 15.6 Å². The minimum absolute atomic E-state index is 0.106. The molecule has 99 heavy (non-hydrogen) atoms. The highest BCUT2D eigenvalue weighted by Gasteiger charge is 2.30. The van der Waals surface area contributed by atoms with Crippen LogP contribution in [0.25, 0.3) is 0 Å². The first-order chi connectivity index (χ1) is 47.9. The fourth-order valence-electron chi connectivity index (χ4n) is 12.4. The van der Waals surface area contributed by atoms with Crippen LogP contribution in [-0.4, -0.2) is 96.7 Å². The van der Waals surface area contributed by atoms with E-state index in [1.54, 1.807) is 0 Å². The van der Waals surface area contributed by atoms with E-state index in [1.165, 1.54) is 238 Å². The van der Waals surface area contributed by atoms with Gasteiger partial charge in [0.2, 0.25) is 0 Å². The Morgan fingerprint density at radius 1 is 0.273 bits per heavy atom. The van der Waals surface area contributed by atoms with Crippen LogP contribution in [-0.2, 0) is 65.4 Å². The van der Waals surface area contributed by atoms with Gasteiger partial charge in [-0.05, 0) is 37.5 Å². The highest BCUT2D eigenvalue weighted by molar-refractivity contribution is 7.47. The number of ether oxygens (including phenoxy) is 4. The summed E-state index contributed by atoms with van der Waals surface area (Å²) in [6.07, 6.45) is 61.1. The Morgan fingerprint density at radius 2 is 0.465 bits per heavy atom. The average molecular weight is 1450 g/mol. The molecule has 0 aromatic rings. The fourth-order valence-corrected chi connectivity index (χ4v) is 13.9. The van der Waals surface area contributed by atoms with Gasteiger partial charge in [-0.3, -0.25) is 37.3 Å². The Morgan fingerprint density at radius 3 is 0.687 bits per heavy atom. The van der Waals surface area contributed by atoms with Crippen molar-refractivity contribution in [3.05, 3.63) is 0 Å². The SMILES string of the molecule is CCCCCCCCCCCCCCCCCCCCCC(=O)O[C@H](COC(=O)CCCCCCCCCCCCCCCCCC(C)C)COP(=O)(O)OC[C@@H](O)COP(=O)(O)OC[C@@H](COC(=O)CCCCCCCCCCCC)OC(=O)CCCCCCCCCCCC(C)C. The molecule has 2 unspecified atom stereocenters. The predicted molar refractivity (Wildman–Crippen MR) is 405 cm³/mol. The number of carbonyl (C=O) groups is 4. The first kappa shape index (κ1) is 97.1. The molecule has 5 atom stereocenters. The van der Waals surface area contributed by atoms with E-state index in [4.69, 9.17) is 37.0 Å². The lowest BCUT2D eigenvalue weighted by molar-refractivity contribution is -0.161. The number of esters is 4. The average Bonchev–Trinajstić information content (AvgIpc) is 1.07. The van der Waals surface area contributed by atoms with Gasteiger partial charge < -0.3 is 33.8 Å². The van der Waals surface area contributed by atoms with Crippen LogP contribution in [0, 0.1) is 11.8 Å². The number of unbranched alkanes of at least 4 members (excludes halogenated alkanes) is 49. The largest absolute Gasteiger partial charge is 0.472 e. The summed E-state index contributed by atoms with van der Waals surface area (Å²) in [6, 6.07) is 0. The number of phosphoric acid groups is 2. The summed E-state index contributed by atoms with van der Waals surface area (Å²) in [7, 11) is -9.92. The number of aliphatic hydroxyl groups is 1. The Kier molecular flexibility index (Phi) is 70.3. The van der Waals surface area contributed by atoms with E-state index < -0.39 is 97.5 Å². The minimum Gasteiger partial charge on any atom is -0.462 e. The quantitative estimate of drug-likeness (QED) is 0.0222. The van der Waals surface area contributed by atoms with Gasteiger partial charge in [0.1, 0.15) is 19.3 Å². The van der Waals surface area contributed by atoms with Crippen LogP contribution in [0.5, 0.6) is 0 Å². The van der Waals surface area contributed by atoms with Crippen molar-refractivity contribution in [2.24, 2.45) is 11.8 Å². The smallest absolute Gasteiger partial charge is 0.462 e. The van der Waals surface area contributed by atoms with Crippen molar-refractivity contribution in [3.63, 3.8) is 0 Å². The Labute approximate surface area is 607 Å². The monoisotopic (exact) mass is 1450 g/mol. The second-order valence-electron chi connectivity index (χ2n) is 29.8. The molecule has 19 heteroatoms. The van der Waals surface area contributed by atoms with E-state index in [9.17, 15) is 43.2 Å². The van der Waals surface area contributed by atoms with Crippen molar-refractivity contribution in [3.8, 4) is 0 Å². The first-order valence-electron chi connectivity index (χ1n) is 41.5. The second-order valence-corrected chi connectivity index (χ2v) is 32.7. The summed E-state index contributed by atoms with van der Waals surface area (Å²) < 4.78 is 68.6. The molecule has 0 aliphatic rings. The molecule has 17 nitrogen and oxygen atoms in total. The van der Waals surface area contributed by atoms with Crippen molar-refractivity contribution in [1.82, 2.24) is 0 Å². The highest BCUT2D eigenvalue weighted by atomic mass is 31.2. The predicted octanol–water partition coefficient (Wildman–Crippen LogP) is 23.9. The van der Waals surface area contributed by atoms with Crippen LogP contribution in [0.1, 0.15) is 420 Å².